The summed E-state index contributed by atoms with van der Waals surface area (Å²) in [5.74, 6) is 0. The number of nitriles is 1. The molecule has 1 aliphatic rings. The molecular formula is C16H23N3. The molecule has 1 aromatic rings. The molecule has 19 heavy (non-hydrogen) atoms. The quantitative estimate of drug-likeness (QED) is 0.816. The molecule has 0 N–H and O–H groups in total. The Bertz CT molecular complexity index is 475. The number of likely N-dealkylation sites (N-methyl/N-ethyl adjacent to an activating group) is 1. The smallest absolute Gasteiger partial charge is 0.0638 e. The molecule has 0 aromatic heterocycles. The summed E-state index contributed by atoms with van der Waals surface area (Å²) in [5.41, 5.74) is 3.96. The number of benzene rings is 1. The molecule has 2 rings (SSSR count). The maximum atomic E-state index is 8.99. The minimum atomic E-state index is 0.340. The molecule has 0 saturated carbocycles. The summed E-state index contributed by atoms with van der Waals surface area (Å²) in [7, 11) is 2.13. The van der Waals surface area contributed by atoms with Crippen LogP contribution >= 0.6 is 0 Å². The van der Waals surface area contributed by atoms with Crippen LogP contribution in [0.1, 0.15) is 24.0 Å². The molecule has 0 radical (unpaired) electrons. The number of anilines is 1. The van der Waals surface area contributed by atoms with Crippen LogP contribution in [0.3, 0.4) is 0 Å². The minimum absolute atomic E-state index is 0.340. The highest BCUT2D eigenvalue weighted by atomic mass is 15.2. The minimum Gasteiger partial charge on any atom is -0.370 e. The summed E-state index contributed by atoms with van der Waals surface area (Å²) in [4.78, 5) is 4.78. The van der Waals surface area contributed by atoms with Gasteiger partial charge in [-0.3, -0.25) is 0 Å². The molecule has 0 bridgehead atoms. The largest absolute Gasteiger partial charge is 0.370 e. The predicted molar refractivity (Wildman–Crippen MR) is 79.4 cm³/mol. The number of nitrogens with zero attached hydrogens (tertiary/aromatic N) is 3. The molecule has 1 unspecified atom stereocenters. The number of rotatable bonds is 2. The third kappa shape index (κ3) is 3.27. The first-order chi connectivity index (χ1) is 9.11. The van der Waals surface area contributed by atoms with Crippen molar-refractivity contribution in [2.75, 3.05) is 31.6 Å². The average molecular weight is 257 g/mol. The van der Waals surface area contributed by atoms with Crippen molar-refractivity contribution in [1.82, 2.24) is 4.90 Å². The van der Waals surface area contributed by atoms with Crippen molar-refractivity contribution >= 4 is 5.69 Å². The highest BCUT2D eigenvalue weighted by molar-refractivity contribution is 5.55. The van der Waals surface area contributed by atoms with E-state index in [1.165, 1.54) is 16.8 Å². The Labute approximate surface area is 116 Å². The Hall–Kier alpha value is -1.53. The highest BCUT2D eigenvalue weighted by Gasteiger charge is 2.23. The van der Waals surface area contributed by atoms with E-state index in [0.717, 1.165) is 26.1 Å². The van der Waals surface area contributed by atoms with Crippen molar-refractivity contribution in [1.29, 1.82) is 5.26 Å². The van der Waals surface area contributed by atoms with Gasteiger partial charge in [-0.15, -0.1) is 0 Å². The van der Waals surface area contributed by atoms with Gasteiger partial charge in [0.2, 0.25) is 0 Å². The molecule has 1 fully saturated rings. The van der Waals surface area contributed by atoms with Crippen molar-refractivity contribution in [2.24, 2.45) is 0 Å². The van der Waals surface area contributed by atoms with Gasteiger partial charge >= 0.3 is 0 Å². The van der Waals surface area contributed by atoms with E-state index in [4.69, 9.17) is 5.26 Å². The first kappa shape index (κ1) is 13.9. The van der Waals surface area contributed by atoms with E-state index < -0.39 is 0 Å². The zero-order valence-corrected chi connectivity index (χ0v) is 12.2. The van der Waals surface area contributed by atoms with Gasteiger partial charge in [-0.25, -0.2) is 0 Å². The van der Waals surface area contributed by atoms with E-state index in [0.29, 0.717) is 12.5 Å². The van der Waals surface area contributed by atoms with E-state index in [1.54, 1.807) is 0 Å². The summed E-state index contributed by atoms with van der Waals surface area (Å²) in [6.07, 6.45) is 1.77. The van der Waals surface area contributed by atoms with E-state index >= 15 is 0 Å². The monoisotopic (exact) mass is 257 g/mol. The van der Waals surface area contributed by atoms with Crippen molar-refractivity contribution in [3.63, 3.8) is 0 Å². The molecule has 0 spiro atoms. The molecule has 1 aromatic carbocycles. The lowest BCUT2D eigenvalue weighted by atomic mass is 10.1. The second-order valence-corrected chi connectivity index (χ2v) is 5.59. The van der Waals surface area contributed by atoms with Crippen molar-refractivity contribution in [3.8, 4) is 6.07 Å². The lowest BCUT2D eigenvalue weighted by Crippen LogP contribution is -2.38. The van der Waals surface area contributed by atoms with Crippen molar-refractivity contribution in [3.05, 3.63) is 29.3 Å². The van der Waals surface area contributed by atoms with Crippen LogP contribution in [0.25, 0.3) is 0 Å². The topological polar surface area (TPSA) is 30.3 Å². The summed E-state index contributed by atoms with van der Waals surface area (Å²) in [6, 6.07) is 9.29. The van der Waals surface area contributed by atoms with Crippen LogP contribution in [0.2, 0.25) is 0 Å². The third-order valence-electron chi connectivity index (χ3n) is 4.03. The maximum Gasteiger partial charge on any atom is 0.0638 e. The Morgan fingerprint density at radius 1 is 1.32 bits per heavy atom. The third-order valence-corrected chi connectivity index (χ3v) is 4.03. The van der Waals surface area contributed by atoms with Crippen molar-refractivity contribution < 1.29 is 0 Å². The molecule has 0 amide bonds. The zero-order chi connectivity index (χ0) is 13.8. The average Bonchev–Trinajstić information content (AvgIpc) is 2.56. The Morgan fingerprint density at radius 2 is 2.11 bits per heavy atom. The van der Waals surface area contributed by atoms with Crippen LogP contribution in [0.15, 0.2) is 18.2 Å². The molecule has 3 heteroatoms. The molecule has 1 aliphatic heterocycles. The molecule has 1 atom stereocenters. The molecule has 3 nitrogen and oxygen atoms in total. The first-order valence-corrected chi connectivity index (χ1v) is 7.01. The fourth-order valence-electron chi connectivity index (χ4n) is 2.78. The van der Waals surface area contributed by atoms with Gasteiger partial charge in [0.15, 0.2) is 0 Å². The van der Waals surface area contributed by atoms with Crippen LogP contribution < -0.4 is 4.90 Å². The van der Waals surface area contributed by atoms with Gasteiger partial charge in [0.05, 0.1) is 12.5 Å². The second kappa shape index (κ2) is 6.08. The summed E-state index contributed by atoms with van der Waals surface area (Å²) in [6.45, 7) is 7.42. The Morgan fingerprint density at radius 3 is 2.84 bits per heavy atom. The number of hydrogen-bond donors (Lipinski definition) is 0. The van der Waals surface area contributed by atoms with E-state index in [2.05, 4.69) is 55.0 Å². The van der Waals surface area contributed by atoms with Crippen LogP contribution in [-0.2, 0) is 0 Å². The van der Waals surface area contributed by atoms with Gasteiger partial charge in [-0.1, -0.05) is 12.1 Å². The van der Waals surface area contributed by atoms with Crippen LogP contribution in [0, 0.1) is 25.2 Å². The first-order valence-electron chi connectivity index (χ1n) is 7.01. The fraction of sp³-hybridized carbons (Fsp3) is 0.562. The van der Waals surface area contributed by atoms with E-state index in [1.807, 2.05) is 0 Å². The summed E-state index contributed by atoms with van der Waals surface area (Å²) in [5, 5.41) is 8.99. The lowest BCUT2D eigenvalue weighted by molar-refractivity contribution is 0.264. The normalized spacial score (nSPS) is 20.9. The summed E-state index contributed by atoms with van der Waals surface area (Å²) < 4.78 is 0. The predicted octanol–water partition coefficient (Wildman–Crippen LogP) is 2.73. The zero-order valence-electron chi connectivity index (χ0n) is 12.2. The highest BCUT2D eigenvalue weighted by Crippen LogP contribution is 2.24. The second-order valence-electron chi connectivity index (χ2n) is 5.59. The number of hydrogen-bond acceptors (Lipinski definition) is 3. The van der Waals surface area contributed by atoms with Gasteiger partial charge < -0.3 is 9.80 Å². The Balaban J connectivity index is 2.23. The van der Waals surface area contributed by atoms with Gasteiger partial charge in [0.25, 0.3) is 0 Å². The fourth-order valence-corrected chi connectivity index (χ4v) is 2.78. The van der Waals surface area contributed by atoms with Crippen LogP contribution in [0.5, 0.6) is 0 Å². The Kier molecular flexibility index (Phi) is 4.44. The van der Waals surface area contributed by atoms with Crippen molar-refractivity contribution in [2.45, 2.75) is 32.7 Å². The SMILES string of the molecule is Cc1ccc(C)c(N2CCCN(C)C(CC#N)C2)c1. The number of aryl methyl sites for hydroxylation is 2. The molecule has 0 aliphatic carbocycles. The molecular weight excluding hydrogens is 234 g/mol. The van der Waals surface area contributed by atoms with E-state index in [9.17, 15) is 0 Å². The molecule has 1 heterocycles. The molecule has 102 valence electrons. The summed E-state index contributed by atoms with van der Waals surface area (Å²) >= 11 is 0. The van der Waals surface area contributed by atoms with Gasteiger partial charge in [0, 0.05) is 24.8 Å². The maximum absolute atomic E-state index is 8.99. The van der Waals surface area contributed by atoms with Crippen LogP contribution in [-0.4, -0.2) is 37.6 Å². The van der Waals surface area contributed by atoms with Gasteiger partial charge in [0.1, 0.15) is 0 Å². The lowest BCUT2D eigenvalue weighted by Gasteiger charge is -2.29. The molecule has 1 saturated heterocycles. The standard InChI is InChI=1S/C16H23N3/c1-13-5-6-14(2)16(11-13)19-10-4-9-18(3)15(12-19)7-8-17/h5-6,11,15H,4,7,9-10,12H2,1-3H3. The van der Waals surface area contributed by atoms with E-state index in [-0.39, 0.29) is 0 Å². The van der Waals surface area contributed by atoms with Crippen LogP contribution in [0.4, 0.5) is 5.69 Å². The van der Waals surface area contributed by atoms with Gasteiger partial charge in [-0.2, -0.15) is 5.26 Å². The van der Waals surface area contributed by atoms with Gasteiger partial charge in [-0.05, 0) is 51.1 Å².